The summed E-state index contributed by atoms with van der Waals surface area (Å²) in [5.41, 5.74) is -0.626. The third-order valence-electron chi connectivity index (χ3n) is 1.95. The third kappa shape index (κ3) is 3.57. The van der Waals surface area contributed by atoms with Gasteiger partial charge >= 0.3 is 0 Å². The number of hydrogen-bond acceptors (Lipinski definition) is 3. The average molecular weight is 225 g/mol. The molecule has 1 aromatic rings. The van der Waals surface area contributed by atoms with E-state index >= 15 is 0 Å². The molecule has 1 unspecified atom stereocenters. The van der Waals surface area contributed by atoms with Gasteiger partial charge < -0.3 is 10.4 Å². The van der Waals surface area contributed by atoms with Gasteiger partial charge in [-0.05, 0) is 25.3 Å². The van der Waals surface area contributed by atoms with Gasteiger partial charge in [0.15, 0.2) is 0 Å². The van der Waals surface area contributed by atoms with Crippen molar-refractivity contribution < 1.29 is 9.90 Å². The molecular weight excluding hydrogens is 210 g/mol. The molecule has 1 atom stereocenters. The summed E-state index contributed by atoms with van der Waals surface area (Å²) in [6, 6.07) is 9.10. The zero-order valence-corrected chi connectivity index (χ0v) is 9.67. The van der Waals surface area contributed by atoms with Crippen molar-refractivity contribution in [2.24, 2.45) is 0 Å². The zero-order valence-electron chi connectivity index (χ0n) is 8.86. The summed E-state index contributed by atoms with van der Waals surface area (Å²) in [6.07, 6.45) is 1.85. The molecule has 0 radical (unpaired) electrons. The van der Waals surface area contributed by atoms with Gasteiger partial charge in [-0.1, -0.05) is 18.2 Å². The van der Waals surface area contributed by atoms with Crippen molar-refractivity contribution >= 4 is 23.4 Å². The molecule has 0 aromatic heterocycles. The lowest BCUT2D eigenvalue weighted by Gasteiger charge is -2.21. The summed E-state index contributed by atoms with van der Waals surface area (Å²) in [6.45, 7) is 1.52. The van der Waals surface area contributed by atoms with E-state index in [4.69, 9.17) is 0 Å². The fourth-order valence-corrected chi connectivity index (χ4v) is 1.83. The normalized spacial score (nSPS) is 14.3. The topological polar surface area (TPSA) is 49.3 Å². The first-order valence-electron chi connectivity index (χ1n) is 4.64. The lowest BCUT2D eigenvalue weighted by atomic mass is 10.1. The molecule has 1 rings (SSSR count). The molecular formula is C11H15NO2S. The van der Waals surface area contributed by atoms with Crippen LogP contribution in [0.1, 0.15) is 6.92 Å². The van der Waals surface area contributed by atoms with Crippen molar-refractivity contribution in [3.05, 3.63) is 30.3 Å². The molecule has 82 valence electrons. The first kappa shape index (κ1) is 12.1. The first-order valence-corrected chi connectivity index (χ1v) is 6.03. The highest BCUT2D eigenvalue weighted by atomic mass is 32.2. The van der Waals surface area contributed by atoms with Crippen LogP contribution in [-0.4, -0.2) is 28.6 Å². The van der Waals surface area contributed by atoms with E-state index in [0.29, 0.717) is 11.4 Å². The second-order valence-electron chi connectivity index (χ2n) is 3.53. The van der Waals surface area contributed by atoms with Gasteiger partial charge in [0.2, 0.25) is 0 Å². The Hall–Kier alpha value is -1.00. The highest BCUT2D eigenvalue weighted by Gasteiger charge is 2.29. The van der Waals surface area contributed by atoms with Crippen LogP contribution in [0.2, 0.25) is 0 Å². The largest absolute Gasteiger partial charge is 0.379 e. The molecule has 0 saturated heterocycles. The van der Waals surface area contributed by atoms with Crippen molar-refractivity contribution in [3.8, 4) is 0 Å². The average Bonchev–Trinajstić information content (AvgIpc) is 2.19. The van der Waals surface area contributed by atoms with Gasteiger partial charge in [-0.15, -0.1) is 0 Å². The molecule has 3 nitrogen and oxygen atoms in total. The summed E-state index contributed by atoms with van der Waals surface area (Å²) in [4.78, 5) is 11.6. The number of rotatable bonds is 4. The first-order chi connectivity index (χ1) is 7.06. The quantitative estimate of drug-likeness (QED) is 0.820. The van der Waals surface area contributed by atoms with Crippen LogP contribution in [0, 0.1) is 0 Å². The maximum atomic E-state index is 11.6. The van der Waals surface area contributed by atoms with Gasteiger partial charge in [0.25, 0.3) is 5.91 Å². The van der Waals surface area contributed by atoms with Crippen LogP contribution >= 0.6 is 11.8 Å². The summed E-state index contributed by atoms with van der Waals surface area (Å²) in [5.74, 6) is 0.00845. The number of hydrogen-bond donors (Lipinski definition) is 2. The number of thioether (sulfide) groups is 1. The number of amides is 1. The van der Waals surface area contributed by atoms with E-state index in [-0.39, 0.29) is 5.91 Å². The van der Waals surface area contributed by atoms with Crippen LogP contribution in [0.5, 0.6) is 0 Å². The van der Waals surface area contributed by atoms with Crippen molar-refractivity contribution in [1.29, 1.82) is 0 Å². The maximum Gasteiger partial charge on any atom is 0.256 e. The predicted octanol–water partition coefficient (Wildman–Crippen LogP) is 1.74. The van der Waals surface area contributed by atoms with Crippen molar-refractivity contribution in [1.82, 2.24) is 0 Å². The number of aliphatic hydroxyl groups is 1. The third-order valence-corrected chi connectivity index (χ3v) is 2.80. The summed E-state index contributed by atoms with van der Waals surface area (Å²) >= 11 is 1.44. The van der Waals surface area contributed by atoms with Crippen LogP contribution in [0.25, 0.3) is 0 Å². The second-order valence-corrected chi connectivity index (χ2v) is 4.39. The number of para-hydroxylation sites is 1. The van der Waals surface area contributed by atoms with Gasteiger partial charge in [-0.3, -0.25) is 4.79 Å². The molecule has 15 heavy (non-hydrogen) atoms. The fraction of sp³-hybridized carbons (Fsp3) is 0.364. The fourth-order valence-electron chi connectivity index (χ4n) is 1.13. The molecule has 2 N–H and O–H groups in total. The highest BCUT2D eigenvalue weighted by Crippen LogP contribution is 2.14. The van der Waals surface area contributed by atoms with Crippen LogP contribution < -0.4 is 5.32 Å². The Balaban J connectivity index is 2.63. The van der Waals surface area contributed by atoms with E-state index in [2.05, 4.69) is 5.32 Å². The second kappa shape index (κ2) is 5.19. The summed E-state index contributed by atoms with van der Waals surface area (Å²) in [7, 11) is 0. The molecule has 0 aliphatic heterocycles. The standard InChI is InChI=1S/C11H15NO2S/c1-11(14,8-15-2)10(13)12-9-6-4-3-5-7-9/h3-7,14H,8H2,1-2H3,(H,12,13). The van der Waals surface area contributed by atoms with Crippen LogP contribution in [0.4, 0.5) is 5.69 Å². The van der Waals surface area contributed by atoms with Crippen LogP contribution in [0.3, 0.4) is 0 Å². The molecule has 0 bridgehead atoms. The summed E-state index contributed by atoms with van der Waals surface area (Å²) < 4.78 is 0. The Kier molecular flexibility index (Phi) is 4.17. The van der Waals surface area contributed by atoms with Gasteiger partial charge in [-0.2, -0.15) is 11.8 Å². The van der Waals surface area contributed by atoms with E-state index in [1.807, 2.05) is 24.5 Å². The molecule has 0 spiro atoms. The number of nitrogens with one attached hydrogen (secondary N) is 1. The minimum Gasteiger partial charge on any atom is -0.379 e. The number of carbonyl (C=O) groups is 1. The van der Waals surface area contributed by atoms with Crippen LogP contribution in [-0.2, 0) is 4.79 Å². The molecule has 1 amide bonds. The van der Waals surface area contributed by atoms with Gasteiger partial charge in [0.05, 0.1) is 0 Å². The van der Waals surface area contributed by atoms with Crippen molar-refractivity contribution in [3.63, 3.8) is 0 Å². The molecule has 1 aromatic carbocycles. The Morgan fingerprint density at radius 2 is 2.07 bits per heavy atom. The number of carbonyl (C=O) groups excluding carboxylic acids is 1. The molecule has 0 fully saturated rings. The Bertz CT molecular complexity index is 325. The molecule has 0 saturated carbocycles. The van der Waals surface area contributed by atoms with E-state index in [1.165, 1.54) is 18.7 Å². The number of anilines is 1. The lowest BCUT2D eigenvalue weighted by molar-refractivity contribution is -0.130. The maximum absolute atomic E-state index is 11.6. The lowest BCUT2D eigenvalue weighted by Crippen LogP contribution is -2.42. The van der Waals surface area contributed by atoms with Crippen LogP contribution in [0.15, 0.2) is 30.3 Å². The monoisotopic (exact) mass is 225 g/mol. The molecule has 0 aliphatic rings. The summed E-state index contributed by atoms with van der Waals surface area (Å²) in [5, 5.41) is 12.5. The van der Waals surface area contributed by atoms with Gasteiger partial charge in [0.1, 0.15) is 5.60 Å². The Morgan fingerprint density at radius 3 is 2.60 bits per heavy atom. The molecule has 4 heteroatoms. The van der Waals surface area contributed by atoms with Crippen molar-refractivity contribution in [2.45, 2.75) is 12.5 Å². The smallest absolute Gasteiger partial charge is 0.256 e. The van der Waals surface area contributed by atoms with Gasteiger partial charge in [-0.25, -0.2) is 0 Å². The number of benzene rings is 1. The Labute approximate surface area is 93.9 Å². The molecule has 0 aliphatic carbocycles. The molecule has 0 heterocycles. The van der Waals surface area contributed by atoms with Gasteiger partial charge in [0, 0.05) is 11.4 Å². The SMILES string of the molecule is CSCC(C)(O)C(=O)Nc1ccccc1. The van der Waals surface area contributed by atoms with Crippen molar-refractivity contribution in [2.75, 3.05) is 17.3 Å². The highest BCUT2D eigenvalue weighted by molar-refractivity contribution is 7.98. The minimum absolute atomic E-state index is 0.372. The van der Waals surface area contributed by atoms with E-state index in [0.717, 1.165) is 0 Å². The van der Waals surface area contributed by atoms with E-state index < -0.39 is 5.60 Å². The van der Waals surface area contributed by atoms with E-state index in [1.54, 1.807) is 12.1 Å². The Morgan fingerprint density at radius 1 is 1.47 bits per heavy atom. The van der Waals surface area contributed by atoms with E-state index in [9.17, 15) is 9.90 Å². The minimum atomic E-state index is -1.32. The predicted molar refractivity (Wildman–Crippen MR) is 64.1 cm³/mol. The zero-order chi connectivity index (χ0) is 11.3.